The Morgan fingerprint density at radius 1 is 1.11 bits per heavy atom. The monoisotopic (exact) mass is 277 g/mol. The summed E-state index contributed by atoms with van der Waals surface area (Å²) in [5.74, 6) is 0.667. The molecule has 100 valence electrons. The number of benzene rings is 1. The molecule has 0 saturated heterocycles. The van der Waals surface area contributed by atoms with Crippen molar-refractivity contribution < 1.29 is 8.42 Å². The van der Waals surface area contributed by atoms with E-state index in [0.717, 1.165) is 17.4 Å². The van der Waals surface area contributed by atoms with Gasteiger partial charge < -0.3 is 0 Å². The maximum absolute atomic E-state index is 10.9. The van der Waals surface area contributed by atoms with E-state index >= 15 is 0 Å². The molecule has 0 spiro atoms. The van der Waals surface area contributed by atoms with E-state index in [4.69, 9.17) is 0 Å². The molecule has 1 aromatic heterocycles. The Morgan fingerprint density at radius 2 is 1.74 bits per heavy atom. The molecular weight excluding hydrogens is 262 g/mol. The van der Waals surface area contributed by atoms with E-state index in [9.17, 15) is 8.42 Å². The van der Waals surface area contributed by atoms with Crippen molar-refractivity contribution in [3.8, 4) is 11.4 Å². The van der Waals surface area contributed by atoms with Gasteiger partial charge in [0.05, 0.1) is 6.26 Å². The lowest BCUT2D eigenvalue weighted by molar-refractivity contribution is 0.588. The third-order valence-corrected chi connectivity index (χ3v) is 3.24. The van der Waals surface area contributed by atoms with Gasteiger partial charge in [0.1, 0.15) is 0 Å². The molecule has 1 N–H and O–H groups in total. The van der Waals surface area contributed by atoms with Crippen LogP contribution in [0.3, 0.4) is 0 Å². The van der Waals surface area contributed by atoms with Gasteiger partial charge in [0.2, 0.25) is 10.0 Å². The van der Waals surface area contributed by atoms with Crippen LogP contribution in [0.25, 0.3) is 11.4 Å². The second-order valence-corrected chi connectivity index (χ2v) is 6.03. The fourth-order valence-electron chi connectivity index (χ4n) is 1.60. The number of nitrogens with zero attached hydrogens (tertiary/aromatic N) is 2. The zero-order valence-electron chi connectivity index (χ0n) is 10.6. The van der Waals surface area contributed by atoms with Gasteiger partial charge >= 0.3 is 0 Å². The minimum Gasteiger partial charge on any atom is -0.236 e. The Bertz CT molecular complexity index is 625. The van der Waals surface area contributed by atoms with Crippen LogP contribution >= 0.6 is 0 Å². The average Bonchev–Trinajstić information content (AvgIpc) is 2.39. The zero-order valence-corrected chi connectivity index (χ0v) is 11.4. The quantitative estimate of drug-likeness (QED) is 0.892. The minimum absolute atomic E-state index is 0.354. The predicted molar refractivity (Wildman–Crippen MR) is 74.0 cm³/mol. The molecule has 2 rings (SSSR count). The van der Waals surface area contributed by atoms with Gasteiger partial charge in [-0.1, -0.05) is 30.3 Å². The van der Waals surface area contributed by atoms with Crippen molar-refractivity contribution in [2.45, 2.75) is 6.42 Å². The van der Waals surface area contributed by atoms with Crippen LogP contribution in [-0.2, 0) is 16.4 Å². The van der Waals surface area contributed by atoms with Crippen molar-refractivity contribution in [2.75, 3.05) is 12.8 Å². The molecule has 1 aromatic carbocycles. The second-order valence-electron chi connectivity index (χ2n) is 4.20. The summed E-state index contributed by atoms with van der Waals surface area (Å²) in [7, 11) is -3.14. The van der Waals surface area contributed by atoms with Crippen molar-refractivity contribution in [3.63, 3.8) is 0 Å². The number of rotatable bonds is 5. The molecular formula is C13H15N3O2S. The molecule has 0 radical (unpaired) electrons. The fourth-order valence-corrected chi connectivity index (χ4v) is 2.07. The highest BCUT2D eigenvalue weighted by Gasteiger charge is 2.02. The van der Waals surface area contributed by atoms with E-state index < -0.39 is 10.0 Å². The van der Waals surface area contributed by atoms with Gasteiger partial charge in [-0.25, -0.2) is 23.1 Å². The third kappa shape index (κ3) is 4.42. The largest absolute Gasteiger partial charge is 0.236 e. The van der Waals surface area contributed by atoms with Crippen LogP contribution in [0.1, 0.15) is 5.56 Å². The van der Waals surface area contributed by atoms with Gasteiger partial charge in [-0.3, -0.25) is 0 Å². The summed E-state index contributed by atoms with van der Waals surface area (Å²) in [5.41, 5.74) is 1.86. The molecule has 0 fully saturated rings. The molecule has 0 unspecified atom stereocenters. The molecule has 6 heteroatoms. The van der Waals surface area contributed by atoms with Crippen molar-refractivity contribution in [3.05, 3.63) is 48.3 Å². The van der Waals surface area contributed by atoms with E-state index in [1.807, 2.05) is 30.3 Å². The Hall–Kier alpha value is -1.79. The molecule has 1 heterocycles. The van der Waals surface area contributed by atoms with Crippen molar-refractivity contribution in [2.24, 2.45) is 0 Å². The van der Waals surface area contributed by atoms with Gasteiger partial charge in [-0.05, 0) is 12.0 Å². The Balaban J connectivity index is 1.99. The van der Waals surface area contributed by atoms with Gasteiger partial charge in [0, 0.05) is 24.5 Å². The van der Waals surface area contributed by atoms with E-state index in [0.29, 0.717) is 18.8 Å². The first kappa shape index (κ1) is 13.6. The molecule has 0 aliphatic rings. The lowest BCUT2D eigenvalue weighted by atomic mass is 10.2. The van der Waals surface area contributed by atoms with Crippen LogP contribution in [-0.4, -0.2) is 31.2 Å². The van der Waals surface area contributed by atoms with Crippen LogP contribution in [0.4, 0.5) is 0 Å². The lowest BCUT2D eigenvalue weighted by Crippen LogP contribution is -2.24. The van der Waals surface area contributed by atoms with Crippen molar-refractivity contribution in [1.82, 2.24) is 14.7 Å². The van der Waals surface area contributed by atoms with Gasteiger partial charge in [-0.2, -0.15) is 0 Å². The predicted octanol–water partition coefficient (Wildman–Crippen LogP) is 1.24. The second kappa shape index (κ2) is 5.90. The van der Waals surface area contributed by atoms with Crippen LogP contribution in [0.2, 0.25) is 0 Å². The van der Waals surface area contributed by atoms with Crippen molar-refractivity contribution in [1.29, 1.82) is 0 Å². The summed E-state index contributed by atoms with van der Waals surface area (Å²) in [6, 6.07) is 9.69. The smallest absolute Gasteiger partial charge is 0.208 e. The van der Waals surface area contributed by atoms with E-state index in [1.165, 1.54) is 0 Å². The van der Waals surface area contributed by atoms with E-state index in [-0.39, 0.29) is 0 Å². The Labute approximate surface area is 112 Å². The lowest BCUT2D eigenvalue weighted by Gasteiger charge is -2.03. The molecule has 0 amide bonds. The Kier molecular flexibility index (Phi) is 4.24. The number of hydrogen-bond donors (Lipinski definition) is 1. The van der Waals surface area contributed by atoms with Crippen LogP contribution in [0, 0.1) is 0 Å². The zero-order chi connectivity index (χ0) is 13.7. The van der Waals surface area contributed by atoms with Crippen molar-refractivity contribution >= 4 is 10.0 Å². The highest BCUT2D eigenvalue weighted by atomic mass is 32.2. The summed E-state index contributed by atoms with van der Waals surface area (Å²) in [6.07, 6.45) is 5.16. The topological polar surface area (TPSA) is 72.0 Å². The summed E-state index contributed by atoms with van der Waals surface area (Å²) in [4.78, 5) is 8.55. The van der Waals surface area contributed by atoms with E-state index in [1.54, 1.807) is 12.4 Å². The van der Waals surface area contributed by atoms with Crippen LogP contribution in [0.15, 0.2) is 42.7 Å². The molecule has 2 aromatic rings. The van der Waals surface area contributed by atoms with Crippen LogP contribution < -0.4 is 4.72 Å². The molecule has 5 nitrogen and oxygen atoms in total. The molecule has 0 aliphatic heterocycles. The van der Waals surface area contributed by atoms with Gasteiger partial charge in [0.25, 0.3) is 0 Å². The highest BCUT2D eigenvalue weighted by molar-refractivity contribution is 7.88. The first-order valence-corrected chi connectivity index (χ1v) is 7.75. The number of sulfonamides is 1. The highest BCUT2D eigenvalue weighted by Crippen LogP contribution is 2.13. The summed E-state index contributed by atoms with van der Waals surface area (Å²) in [5, 5.41) is 0. The van der Waals surface area contributed by atoms with Gasteiger partial charge in [-0.15, -0.1) is 0 Å². The average molecular weight is 277 g/mol. The fraction of sp³-hybridized carbons (Fsp3) is 0.231. The SMILES string of the molecule is CS(=O)(=O)NCCc1cnc(-c2ccccc2)nc1. The molecule has 0 bridgehead atoms. The number of nitrogens with one attached hydrogen (secondary N) is 1. The summed E-state index contributed by atoms with van der Waals surface area (Å²) < 4.78 is 24.3. The first-order valence-electron chi connectivity index (χ1n) is 5.85. The Morgan fingerprint density at radius 3 is 2.32 bits per heavy atom. The third-order valence-electron chi connectivity index (χ3n) is 2.52. The molecule has 0 atom stereocenters. The van der Waals surface area contributed by atoms with Crippen LogP contribution in [0.5, 0.6) is 0 Å². The standard InChI is InChI=1S/C13H15N3O2S/c1-19(17,18)16-8-7-11-9-14-13(15-10-11)12-5-3-2-4-6-12/h2-6,9-10,16H,7-8H2,1H3. The minimum atomic E-state index is -3.14. The van der Waals surface area contributed by atoms with Gasteiger partial charge in [0.15, 0.2) is 5.82 Å². The number of aromatic nitrogens is 2. The molecule has 0 aliphatic carbocycles. The maximum Gasteiger partial charge on any atom is 0.208 e. The summed E-state index contributed by atoms with van der Waals surface area (Å²) in [6.45, 7) is 0.354. The molecule has 19 heavy (non-hydrogen) atoms. The van der Waals surface area contributed by atoms with E-state index in [2.05, 4.69) is 14.7 Å². The first-order chi connectivity index (χ1) is 9.04. The number of hydrogen-bond acceptors (Lipinski definition) is 4. The maximum atomic E-state index is 10.9. The normalized spacial score (nSPS) is 11.4. The molecule has 0 saturated carbocycles. The summed E-state index contributed by atoms with van der Waals surface area (Å²) >= 11 is 0.